The zero-order valence-corrected chi connectivity index (χ0v) is 15.2. The number of fused-ring (bicyclic) bond motifs is 9. The zero-order chi connectivity index (χ0) is 15.4. The molecule has 7 atom stereocenters. The van der Waals surface area contributed by atoms with Crippen LogP contribution in [0.2, 0.25) is 0 Å². The van der Waals surface area contributed by atoms with Crippen molar-refractivity contribution in [3.8, 4) is 0 Å². The van der Waals surface area contributed by atoms with Crippen LogP contribution in [0.4, 0.5) is 4.79 Å². The van der Waals surface area contributed by atoms with Gasteiger partial charge >= 0.3 is 6.03 Å². The Labute approximate surface area is 144 Å². The predicted octanol–water partition coefficient (Wildman–Crippen LogP) is 1.10. The Morgan fingerprint density at radius 1 is 1.23 bits per heavy atom. The maximum absolute atomic E-state index is 12.6. The number of carbonyl (C=O) groups is 1. The van der Waals surface area contributed by atoms with Gasteiger partial charge in [0.15, 0.2) is 12.0 Å². The molecule has 5 fully saturated rings. The number of ether oxygens (including phenoxy) is 4. The fourth-order valence-corrected chi connectivity index (χ4v) is 5.56. The number of nitrogens with one attached hydrogen (secondary N) is 1. The number of hydrogen-bond donors (Lipinski definition) is 1. The summed E-state index contributed by atoms with van der Waals surface area (Å²) < 4.78 is 23.6. The third-order valence-electron chi connectivity index (χ3n) is 5.03. The van der Waals surface area contributed by atoms with Crippen molar-refractivity contribution < 1.29 is 23.7 Å². The lowest BCUT2D eigenvalue weighted by Crippen LogP contribution is -2.60. The summed E-state index contributed by atoms with van der Waals surface area (Å²) in [7, 11) is 0. The largest absolute Gasteiger partial charge is 0.355 e. The molecule has 5 rings (SSSR count). The molecule has 2 bridgehead atoms. The standard InChI is InChI=1S/C13H16Br2N2O5/c1-12(2)21-6-4-3-19-9-5-8(13(5,14)15)16-11(18)17(9)10(20-4)7(6)22-12/h4-10H,3H2,1-2H3,(H,16,18)/t4-,5-,6-,7-,8-,9+,10-/m1/s1. The lowest BCUT2D eigenvalue weighted by Gasteiger charge is -2.38. The lowest BCUT2D eigenvalue weighted by molar-refractivity contribution is -0.199. The molecule has 9 heteroatoms. The van der Waals surface area contributed by atoms with Crippen molar-refractivity contribution in [2.45, 2.75) is 59.7 Å². The fourth-order valence-electron chi connectivity index (χ4n) is 4.04. The first-order valence-corrected chi connectivity index (χ1v) is 8.97. The molecule has 22 heavy (non-hydrogen) atoms. The van der Waals surface area contributed by atoms with Crippen LogP contribution in [0.3, 0.4) is 0 Å². The third kappa shape index (κ3) is 1.72. The van der Waals surface area contributed by atoms with Crippen molar-refractivity contribution >= 4 is 37.9 Å². The maximum atomic E-state index is 12.6. The highest BCUT2D eigenvalue weighted by Crippen LogP contribution is 2.61. The summed E-state index contributed by atoms with van der Waals surface area (Å²) in [6, 6.07) is -0.169. The number of alkyl halides is 2. The highest BCUT2D eigenvalue weighted by Gasteiger charge is 2.73. The minimum atomic E-state index is -0.668. The molecule has 2 amide bonds. The van der Waals surface area contributed by atoms with Crippen molar-refractivity contribution in [3.05, 3.63) is 0 Å². The monoisotopic (exact) mass is 438 g/mol. The molecular weight excluding hydrogens is 424 g/mol. The second-order valence-electron chi connectivity index (χ2n) is 6.89. The van der Waals surface area contributed by atoms with E-state index in [0.717, 1.165) is 0 Å². The van der Waals surface area contributed by atoms with Crippen LogP contribution in [0, 0.1) is 5.92 Å². The number of halogens is 2. The Bertz CT molecular complexity index is 559. The van der Waals surface area contributed by atoms with Gasteiger partial charge in [-0.1, -0.05) is 31.9 Å². The van der Waals surface area contributed by atoms with E-state index in [1.54, 1.807) is 4.90 Å². The maximum Gasteiger partial charge on any atom is 0.321 e. The first-order chi connectivity index (χ1) is 10.3. The summed E-state index contributed by atoms with van der Waals surface area (Å²) in [4.78, 5) is 14.2. The van der Waals surface area contributed by atoms with Crippen molar-refractivity contribution in [3.63, 3.8) is 0 Å². The molecule has 5 aliphatic rings. The van der Waals surface area contributed by atoms with Gasteiger partial charge < -0.3 is 24.3 Å². The molecule has 1 N–H and O–H groups in total. The molecule has 0 unspecified atom stereocenters. The Hall–Kier alpha value is 0.0700. The fraction of sp³-hybridized carbons (Fsp3) is 0.923. The van der Waals surface area contributed by atoms with Gasteiger partial charge in [-0.25, -0.2) is 4.79 Å². The highest BCUT2D eigenvalue weighted by atomic mass is 79.9. The van der Waals surface area contributed by atoms with Gasteiger partial charge in [0.25, 0.3) is 0 Å². The second-order valence-corrected chi connectivity index (χ2v) is 10.6. The first-order valence-electron chi connectivity index (χ1n) is 7.39. The second kappa shape index (κ2) is 4.18. The summed E-state index contributed by atoms with van der Waals surface area (Å²) in [6.07, 6.45) is -1.52. The molecule has 4 aliphatic heterocycles. The molecule has 1 saturated carbocycles. The van der Waals surface area contributed by atoms with E-state index >= 15 is 0 Å². The third-order valence-corrected chi connectivity index (χ3v) is 7.08. The average molecular weight is 440 g/mol. The van der Waals surface area contributed by atoms with Crippen LogP contribution in [-0.2, 0) is 18.9 Å². The van der Waals surface area contributed by atoms with Crippen LogP contribution >= 0.6 is 31.9 Å². The van der Waals surface area contributed by atoms with Crippen molar-refractivity contribution in [1.29, 1.82) is 0 Å². The molecule has 0 aromatic rings. The molecule has 0 radical (unpaired) electrons. The van der Waals surface area contributed by atoms with Crippen LogP contribution in [0.25, 0.3) is 0 Å². The molecular formula is C13H16Br2N2O5. The van der Waals surface area contributed by atoms with Gasteiger partial charge in [-0.05, 0) is 13.8 Å². The smallest absolute Gasteiger partial charge is 0.321 e. The van der Waals surface area contributed by atoms with E-state index in [2.05, 4.69) is 37.2 Å². The van der Waals surface area contributed by atoms with Gasteiger partial charge in [0.1, 0.15) is 27.8 Å². The van der Waals surface area contributed by atoms with Gasteiger partial charge in [-0.15, -0.1) is 0 Å². The van der Waals surface area contributed by atoms with Crippen LogP contribution in [0.5, 0.6) is 0 Å². The van der Waals surface area contributed by atoms with E-state index < -0.39 is 12.0 Å². The molecule has 0 aromatic heterocycles. The number of rotatable bonds is 0. The summed E-state index contributed by atoms with van der Waals surface area (Å²) in [5, 5.41) is 2.99. The van der Waals surface area contributed by atoms with Crippen molar-refractivity contribution in [1.82, 2.24) is 10.2 Å². The Balaban J connectivity index is 1.51. The normalized spacial score (nSPS) is 53.2. The number of carbonyl (C=O) groups excluding carboxylic acids is 1. The molecule has 0 spiro atoms. The molecule has 0 aromatic carbocycles. The topological polar surface area (TPSA) is 69.3 Å². The van der Waals surface area contributed by atoms with E-state index in [-0.39, 0.29) is 45.8 Å². The summed E-state index contributed by atoms with van der Waals surface area (Å²) in [5.74, 6) is -0.541. The van der Waals surface area contributed by atoms with E-state index in [4.69, 9.17) is 18.9 Å². The minimum absolute atomic E-state index is 0.0193. The number of nitrogens with zero attached hydrogens (tertiary/aromatic N) is 1. The van der Waals surface area contributed by atoms with Gasteiger partial charge in [0, 0.05) is 0 Å². The highest BCUT2D eigenvalue weighted by molar-refractivity contribution is 9.25. The van der Waals surface area contributed by atoms with Crippen LogP contribution in [0.15, 0.2) is 0 Å². The van der Waals surface area contributed by atoms with Crippen LogP contribution in [-0.4, -0.2) is 63.4 Å². The molecule has 122 valence electrons. The summed E-state index contributed by atoms with van der Waals surface area (Å²) in [5.41, 5.74) is 0. The average Bonchev–Trinajstić information content (AvgIpc) is 2.70. The molecule has 4 heterocycles. The Kier molecular flexibility index (Phi) is 2.74. The Morgan fingerprint density at radius 3 is 2.73 bits per heavy atom. The van der Waals surface area contributed by atoms with E-state index in [9.17, 15) is 4.79 Å². The summed E-state index contributed by atoms with van der Waals surface area (Å²) in [6.45, 7) is 4.15. The molecule has 1 aliphatic carbocycles. The zero-order valence-electron chi connectivity index (χ0n) is 12.0. The number of amides is 2. The minimum Gasteiger partial charge on any atom is -0.355 e. The van der Waals surface area contributed by atoms with E-state index in [1.165, 1.54) is 0 Å². The SMILES string of the molecule is CC1(C)O[C@@H]2[C@H](O1)[C@H]1CO[C@H]3[C@H]4[C@@H](NC(=O)N3[C@@H]2O1)C4(Br)Br. The van der Waals surface area contributed by atoms with Gasteiger partial charge in [-0.3, -0.25) is 4.90 Å². The lowest BCUT2D eigenvalue weighted by atomic mass is 10.1. The summed E-state index contributed by atoms with van der Waals surface area (Å²) >= 11 is 7.24. The van der Waals surface area contributed by atoms with Crippen LogP contribution in [0.1, 0.15) is 13.8 Å². The number of urea groups is 1. The quantitative estimate of drug-likeness (QED) is 0.572. The van der Waals surface area contributed by atoms with Crippen molar-refractivity contribution in [2.24, 2.45) is 5.92 Å². The van der Waals surface area contributed by atoms with Crippen molar-refractivity contribution in [2.75, 3.05) is 6.61 Å². The number of hydrogen-bond acceptors (Lipinski definition) is 5. The molecule has 7 nitrogen and oxygen atoms in total. The first kappa shape index (κ1) is 14.4. The van der Waals surface area contributed by atoms with E-state index in [0.29, 0.717) is 6.61 Å². The predicted molar refractivity (Wildman–Crippen MR) is 80.5 cm³/mol. The van der Waals surface area contributed by atoms with Gasteiger partial charge in [0.05, 0.1) is 18.6 Å². The van der Waals surface area contributed by atoms with Gasteiger partial charge in [-0.2, -0.15) is 0 Å². The van der Waals surface area contributed by atoms with Crippen LogP contribution < -0.4 is 5.32 Å². The Morgan fingerprint density at radius 2 is 1.95 bits per heavy atom. The van der Waals surface area contributed by atoms with Gasteiger partial charge in [0.2, 0.25) is 0 Å². The molecule has 4 saturated heterocycles. The van der Waals surface area contributed by atoms with E-state index in [1.807, 2.05) is 13.8 Å².